The summed E-state index contributed by atoms with van der Waals surface area (Å²) in [6.07, 6.45) is -0.563. The fourth-order valence-electron chi connectivity index (χ4n) is 2.66. The van der Waals surface area contributed by atoms with Crippen LogP contribution in [0.15, 0.2) is 66.7 Å². The minimum Gasteiger partial charge on any atom is -0.387 e. The van der Waals surface area contributed by atoms with Crippen LogP contribution in [0.3, 0.4) is 0 Å². The van der Waals surface area contributed by atoms with Gasteiger partial charge in [-0.2, -0.15) is 0 Å². The van der Waals surface area contributed by atoms with Crippen LogP contribution in [0.1, 0.15) is 11.7 Å². The Hall–Kier alpha value is -2.43. The van der Waals surface area contributed by atoms with Crippen LogP contribution in [0, 0.1) is 0 Å². The lowest BCUT2D eigenvalue weighted by molar-refractivity contribution is 0.192. The Kier molecular flexibility index (Phi) is 3.69. The van der Waals surface area contributed by atoms with Crippen LogP contribution in [0.5, 0.6) is 0 Å². The molecule has 4 aromatic rings. The Morgan fingerprint density at radius 1 is 0.957 bits per heavy atom. The molecular formula is C19H16N2OS. The summed E-state index contributed by atoms with van der Waals surface area (Å²) >= 11 is 1.60. The van der Waals surface area contributed by atoms with E-state index < -0.39 is 6.10 Å². The highest BCUT2D eigenvalue weighted by Gasteiger charge is 2.10. The van der Waals surface area contributed by atoms with Gasteiger partial charge in [0.2, 0.25) is 0 Å². The van der Waals surface area contributed by atoms with Crippen molar-refractivity contribution in [2.75, 3.05) is 11.9 Å². The number of hydrogen-bond donors (Lipinski definition) is 2. The number of anilines is 1. The molecule has 1 atom stereocenters. The highest BCUT2D eigenvalue weighted by Crippen LogP contribution is 2.26. The van der Waals surface area contributed by atoms with Gasteiger partial charge >= 0.3 is 0 Å². The van der Waals surface area contributed by atoms with Crippen molar-refractivity contribution >= 4 is 37.5 Å². The van der Waals surface area contributed by atoms with Crippen LogP contribution < -0.4 is 5.32 Å². The van der Waals surface area contributed by atoms with E-state index in [-0.39, 0.29) is 0 Å². The van der Waals surface area contributed by atoms with Crippen molar-refractivity contribution in [2.24, 2.45) is 0 Å². The second-order valence-corrected chi connectivity index (χ2v) is 6.52. The van der Waals surface area contributed by atoms with Gasteiger partial charge in [-0.1, -0.05) is 59.9 Å². The molecule has 0 saturated carbocycles. The van der Waals surface area contributed by atoms with Crippen LogP contribution in [-0.2, 0) is 0 Å². The molecule has 1 heterocycles. The number of rotatable bonds is 4. The summed E-state index contributed by atoms with van der Waals surface area (Å²) in [7, 11) is 0. The second-order valence-electron chi connectivity index (χ2n) is 5.49. The quantitative estimate of drug-likeness (QED) is 0.578. The Morgan fingerprint density at radius 2 is 1.74 bits per heavy atom. The van der Waals surface area contributed by atoms with Crippen LogP contribution in [0.2, 0.25) is 0 Å². The third kappa shape index (κ3) is 2.91. The first-order valence-electron chi connectivity index (χ1n) is 7.56. The van der Waals surface area contributed by atoms with Gasteiger partial charge in [0, 0.05) is 6.54 Å². The van der Waals surface area contributed by atoms with Gasteiger partial charge < -0.3 is 10.4 Å². The predicted molar refractivity (Wildman–Crippen MR) is 97.0 cm³/mol. The zero-order valence-corrected chi connectivity index (χ0v) is 13.3. The molecule has 0 spiro atoms. The number of aliphatic hydroxyl groups excluding tert-OH is 1. The van der Waals surface area contributed by atoms with Crippen LogP contribution in [0.25, 0.3) is 21.0 Å². The molecule has 114 valence electrons. The summed E-state index contributed by atoms with van der Waals surface area (Å²) in [5.41, 5.74) is 1.90. The van der Waals surface area contributed by atoms with Crippen molar-refractivity contribution < 1.29 is 5.11 Å². The Morgan fingerprint density at radius 3 is 2.61 bits per heavy atom. The van der Waals surface area contributed by atoms with E-state index in [2.05, 4.69) is 28.5 Å². The molecule has 0 fully saturated rings. The molecule has 23 heavy (non-hydrogen) atoms. The number of fused-ring (bicyclic) bond motifs is 2. The topological polar surface area (TPSA) is 45.1 Å². The molecule has 3 aromatic carbocycles. The summed E-state index contributed by atoms with van der Waals surface area (Å²) < 4.78 is 1.15. The van der Waals surface area contributed by atoms with E-state index in [0.29, 0.717) is 6.54 Å². The molecule has 0 amide bonds. The maximum Gasteiger partial charge on any atom is 0.183 e. The standard InChI is InChI=1S/C19H16N2OS/c22-17(15-10-9-13-5-1-2-6-14(13)11-15)12-20-19-21-16-7-3-4-8-18(16)23-19/h1-11,17,22H,12H2,(H,20,21)/t17-/m1/s1. The lowest BCUT2D eigenvalue weighted by Gasteiger charge is -2.12. The van der Waals surface area contributed by atoms with E-state index in [9.17, 15) is 5.11 Å². The predicted octanol–water partition coefficient (Wildman–Crippen LogP) is 4.60. The van der Waals surface area contributed by atoms with E-state index >= 15 is 0 Å². The van der Waals surface area contributed by atoms with Crippen molar-refractivity contribution in [3.8, 4) is 0 Å². The van der Waals surface area contributed by atoms with Crippen LogP contribution in [0.4, 0.5) is 5.13 Å². The minimum absolute atomic E-state index is 0.443. The van der Waals surface area contributed by atoms with E-state index in [1.807, 2.05) is 48.5 Å². The van der Waals surface area contributed by atoms with Gasteiger partial charge in [-0.05, 0) is 34.5 Å². The molecule has 2 N–H and O–H groups in total. The van der Waals surface area contributed by atoms with Gasteiger partial charge in [0.05, 0.1) is 16.3 Å². The molecule has 4 heteroatoms. The summed E-state index contributed by atoms with van der Waals surface area (Å²) in [4.78, 5) is 4.52. The maximum absolute atomic E-state index is 10.4. The Balaban J connectivity index is 1.50. The first-order chi connectivity index (χ1) is 11.3. The molecule has 4 rings (SSSR count). The molecular weight excluding hydrogens is 304 g/mol. The molecule has 0 saturated heterocycles. The maximum atomic E-state index is 10.4. The molecule has 0 bridgehead atoms. The monoisotopic (exact) mass is 320 g/mol. The van der Waals surface area contributed by atoms with Crippen LogP contribution in [-0.4, -0.2) is 16.6 Å². The van der Waals surface area contributed by atoms with E-state index in [0.717, 1.165) is 26.3 Å². The van der Waals surface area contributed by atoms with Gasteiger partial charge in [0.1, 0.15) is 0 Å². The lowest BCUT2D eigenvalue weighted by Crippen LogP contribution is -2.11. The zero-order valence-electron chi connectivity index (χ0n) is 12.4. The highest BCUT2D eigenvalue weighted by molar-refractivity contribution is 7.22. The van der Waals surface area contributed by atoms with Crippen molar-refractivity contribution in [1.82, 2.24) is 4.98 Å². The Bertz CT molecular complexity index is 931. The van der Waals surface area contributed by atoms with Gasteiger partial charge in [-0.25, -0.2) is 4.98 Å². The SMILES string of the molecule is O[C@H](CNc1nc2ccccc2s1)c1ccc2ccccc2c1. The molecule has 0 aliphatic rings. The molecule has 0 aliphatic heterocycles. The second kappa shape index (κ2) is 5.99. The van der Waals surface area contributed by atoms with Crippen molar-refractivity contribution in [3.63, 3.8) is 0 Å². The first-order valence-corrected chi connectivity index (χ1v) is 8.37. The van der Waals surface area contributed by atoms with Gasteiger partial charge in [0.25, 0.3) is 0 Å². The lowest BCUT2D eigenvalue weighted by atomic mass is 10.0. The highest BCUT2D eigenvalue weighted by atomic mass is 32.1. The number of aliphatic hydroxyl groups is 1. The largest absolute Gasteiger partial charge is 0.387 e. The van der Waals surface area contributed by atoms with Crippen molar-refractivity contribution in [3.05, 3.63) is 72.3 Å². The van der Waals surface area contributed by atoms with Crippen molar-refractivity contribution in [1.29, 1.82) is 0 Å². The molecule has 0 unspecified atom stereocenters. The number of hydrogen-bond acceptors (Lipinski definition) is 4. The van der Waals surface area contributed by atoms with Gasteiger partial charge in [-0.15, -0.1) is 0 Å². The smallest absolute Gasteiger partial charge is 0.183 e. The van der Waals surface area contributed by atoms with E-state index in [1.165, 1.54) is 5.39 Å². The summed E-state index contributed by atoms with van der Waals surface area (Å²) in [5.74, 6) is 0. The fourth-order valence-corrected chi connectivity index (χ4v) is 3.54. The zero-order chi connectivity index (χ0) is 15.6. The molecule has 0 aliphatic carbocycles. The summed E-state index contributed by atoms with van der Waals surface area (Å²) in [6.45, 7) is 0.443. The number of nitrogens with zero attached hydrogens (tertiary/aromatic N) is 1. The summed E-state index contributed by atoms with van der Waals surface area (Å²) in [5, 5.41) is 16.8. The molecule has 0 radical (unpaired) electrons. The Labute approximate surface area is 138 Å². The van der Waals surface area contributed by atoms with Crippen LogP contribution >= 0.6 is 11.3 Å². The number of nitrogens with one attached hydrogen (secondary N) is 1. The third-order valence-electron chi connectivity index (χ3n) is 3.90. The molecule has 3 nitrogen and oxygen atoms in total. The average molecular weight is 320 g/mol. The van der Waals surface area contributed by atoms with Crippen molar-refractivity contribution in [2.45, 2.75) is 6.10 Å². The van der Waals surface area contributed by atoms with Gasteiger partial charge in [-0.3, -0.25) is 0 Å². The van der Waals surface area contributed by atoms with E-state index in [4.69, 9.17) is 0 Å². The number of thiazole rings is 1. The fraction of sp³-hybridized carbons (Fsp3) is 0.105. The minimum atomic E-state index is -0.563. The molecule has 1 aromatic heterocycles. The number of benzene rings is 3. The average Bonchev–Trinajstić information content (AvgIpc) is 3.02. The summed E-state index contributed by atoms with van der Waals surface area (Å²) in [6, 6.07) is 22.3. The first kappa shape index (κ1) is 14.2. The normalized spacial score (nSPS) is 12.6. The van der Waals surface area contributed by atoms with E-state index in [1.54, 1.807) is 11.3 Å². The van der Waals surface area contributed by atoms with Gasteiger partial charge in [0.15, 0.2) is 5.13 Å². The number of para-hydroxylation sites is 1. The third-order valence-corrected chi connectivity index (χ3v) is 4.89. The number of aromatic nitrogens is 1.